The summed E-state index contributed by atoms with van der Waals surface area (Å²) in [6, 6.07) is 1.96. The minimum atomic E-state index is -0.799. The molecule has 15 heavy (non-hydrogen) atoms. The van der Waals surface area contributed by atoms with Gasteiger partial charge in [0.15, 0.2) is 11.6 Å². The molecular formula is C10H11ClFNO2. The van der Waals surface area contributed by atoms with Gasteiger partial charge in [-0.3, -0.25) is 4.79 Å². The Balaban J connectivity index is 3.36. The number of hydrogen-bond donors (Lipinski definition) is 1. The molecule has 0 saturated carbocycles. The highest BCUT2D eigenvalue weighted by Gasteiger charge is 2.22. The zero-order valence-corrected chi connectivity index (χ0v) is 9.14. The van der Waals surface area contributed by atoms with E-state index in [0.717, 1.165) is 0 Å². The summed E-state index contributed by atoms with van der Waals surface area (Å²) in [5.74, 6) is -1.19. The molecule has 2 N–H and O–H groups in total. The number of methoxy groups -OCH3 is 1. The van der Waals surface area contributed by atoms with Gasteiger partial charge in [-0.2, -0.15) is 0 Å². The summed E-state index contributed by atoms with van der Waals surface area (Å²) in [6.45, 7) is 1.47. The van der Waals surface area contributed by atoms with E-state index in [4.69, 9.17) is 22.1 Å². The summed E-state index contributed by atoms with van der Waals surface area (Å²) in [6.07, 6.45) is 0. The molecule has 0 amide bonds. The van der Waals surface area contributed by atoms with Crippen LogP contribution in [0, 0.1) is 5.82 Å². The second-order valence-electron chi connectivity index (χ2n) is 3.09. The number of nitrogens with two attached hydrogens (primary N) is 1. The van der Waals surface area contributed by atoms with Crippen LogP contribution in [0.1, 0.15) is 17.3 Å². The molecule has 0 fully saturated rings. The third-order valence-corrected chi connectivity index (χ3v) is 2.23. The normalized spacial score (nSPS) is 12.3. The summed E-state index contributed by atoms with van der Waals surface area (Å²) in [4.78, 5) is 11.6. The molecule has 1 aromatic carbocycles. The number of Topliss-reactive ketones (excluding diaryl/α,β-unsaturated/α-hetero) is 1. The van der Waals surface area contributed by atoms with Gasteiger partial charge in [0.1, 0.15) is 5.75 Å². The molecule has 1 atom stereocenters. The molecule has 1 unspecified atom stereocenters. The zero-order chi connectivity index (χ0) is 11.6. The first-order chi connectivity index (χ1) is 6.99. The zero-order valence-electron chi connectivity index (χ0n) is 8.38. The van der Waals surface area contributed by atoms with Crippen molar-refractivity contribution in [3.05, 3.63) is 28.5 Å². The fourth-order valence-electron chi connectivity index (χ4n) is 1.16. The van der Waals surface area contributed by atoms with Crippen molar-refractivity contribution in [1.29, 1.82) is 0 Å². The van der Waals surface area contributed by atoms with E-state index in [9.17, 15) is 9.18 Å². The van der Waals surface area contributed by atoms with E-state index >= 15 is 0 Å². The van der Waals surface area contributed by atoms with Crippen LogP contribution in [0.25, 0.3) is 0 Å². The quantitative estimate of drug-likeness (QED) is 0.810. The number of hydrogen-bond acceptors (Lipinski definition) is 3. The number of carbonyl (C=O) groups excluding carboxylic acids is 1. The monoisotopic (exact) mass is 231 g/mol. The van der Waals surface area contributed by atoms with Gasteiger partial charge in [0.25, 0.3) is 0 Å². The third kappa shape index (κ3) is 2.27. The predicted octanol–water partition coefficient (Wildman–Crippen LogP) is 2.02. The highest BCUT2D eigenvalue weighted by molar-refractivity contribution is 6.31. The smallest absolute Gasteiger partial charge is 0.185 e. The molecule has 0 bridgehead atoms. The fraction of sp³-hybridized carbons (Fsp3) is 0.300. The topological polar surface area (TPSA) is 52.3 Å². The van der Waals surface area contributed by atoms with Gasteiger partial charge in [-0.25, -0.2) is 4.39 Å². The van der Waals surface area contributed by atoms with Crippen molar-refractivity contribution in [1.82, 2.24) is 0 Å². The largest absolute Gasteiger partial charge is 0.496 e. The maximum absolute atomic E-state index is 13.6. The second kappa shape index (κ2) is 4.59. The van der Waals surface area contributed by atoms with Crippen molar-refractivity contribution in [2.75, 3.05) is 7.11 Å². The molecule has 0 heterocycles. The van der Waals surface area contributed by atoms with Gasteiger partial charge in [0.05, 0.1) is 23.7 Å². The van der Waals surface area contributed by atoms with Crippen LogP contribution in [0.5, 0.6) is 5.75 Å². The number of ether oxygens (including phenoxy) is 1. The molecule has 0 saturated heterocycles. The Labute approximate surface area is 92.0 Å². The van der Waals surface area contributed by atoms with Gasteiger partial charge in [-0.15, -0.1) is 0 Å². The molecule has 0 aromatic heterocycles. The summed E-state index contributed by atoms with van der Waals surface area (Å²) >= 11 is 5.57. The third-order valence-electron chi connectivity index (χ3n) is 1.94. The van der Waals surface area contributed by atoms with Crippen LogP contribution >= 0.6 is 11.6 Å². The fourth-order valence-corrected chi connectivity index (χ4v) is 1.32. The lowest BCUT2D eigenvalue weighted by Gasteiger charge is -2.11. The molecule has 5 heteroatoms. The van der Waals surface area contributed by atoms with Gasteiger partial charge in [-0.05, 0) is 19.1 Å². The Morgan fingerprint density at radius 1 is 1.60 bits per heavy atom. The van der Waals surface area contributed by atoms with Crippen LogP contribution in [-0.2, 0) is 0 Å². The molecular weight excluding hydrogens is 221 g/mol. The number of halogens is 2. The van der Waals surface area contributed by atoms with Crippen molar-refractivity contribution in [3.8, 4) is 5.75 Å². The minimum Gasteiger partial charge on any atom is -0.496 e. The summed E-state index contributed by atoms with van der Waals surface area (Å²) < 4.78 is 18.4. The summed E-state index contributed by atoms with van der Waals surface area (Å²) in [5.41, 5.74) is 5.20. The molecule has 1 aromatic rings. The maximum atomic E-state index is 13.6. The first kappa shape index (κ1) is 11.9. The molecule has 82 valence electrons. The van der Waals surface area contributed by atoms with Crippen molar-refractivity contribution in [3.63, 3.8) is 0 Å². The lowest BCUT2D eigenvalue weighted by molar-refractivity contribution is 0.0960. The molecule has 3 nitrogen and oxygen atoms in total. The Bertz CT molecular complexity index is 393. The van der Waals surface area contributed by atoms with Crippen LogP contribution in [0.15, 0.2) is 12.1 Å². The highest BCUT2D eigenvalue weighted by atomic mass is 35.5. The van der Waals surface area contributed by atoms with Crippen molar-refractivity contribution >= 4 is 17.4 Å². The molecule has 0 aliphatic rings. The van der Waals surface area contributed by atoms with Crippen LogP contribution in [0.4, 0.5) is 4.39 Å². The van der Waals surface area contributed by atoms with Crippen molar-refractivity contribution < 1.29 is 13.9 Å². The van der Waals surface area contributed by atoms with E-state index in [0.29, 0.717) is 0 Å². The average molecular weight is 232 g/mol. The SMILES string of the molecule is COc1ccc(Cl)c(F)c1C(=O)C(C)N. The lowest BCUT2D eigenvalue weighted by Crippen LogP contribution is -2.28. The van der Waals surface area contributed by atoms with Crippen LogP contribution in [0.2, 0.25) is 5.02 Å². The Kier molecular flexibility index (Phi) is 3.66. The Morgan fingerprint density at radius 2 is 2.20 bits per heavy atom. The average Bonchev–Trinajstić information content (AvgIpc) is 2.20. The van der Waals surface area contributed by atoms with Gasteiger partial charge in [0.2, 0.25) is 0 Å². The van der Waals surface area contributed by atoms with E-state index in [1.807, 2.05) is 0 Å². The summed E-state index contributed by atoms with van der Waals surface area (Å²) in [7, 11) is 1.35. The number of carbonyl (C=O) groups is 1. The van der Waals surface area contributed by atoms with Gasteiger partial charge in [-0.1, -0.05) is 11.6 Å². The number of rotatable bonds is 3. The first-order valence-corrected chi connectivity index (χ1v) is 4.68. The van der Waals surface area contributed by atoms with Crippen LogP contribution in [-0.4, -0.2) is 18.9 Å². The van der Waals surface area contributed by atoms with Crippen LogP contribution in [0.3, 0.4) is 0 Å². The van der Waals surface area contributed by atoms with E-state index in [1.54, 1.807) is 0 Å². The molecule has 0 aliphatic heterocycles. The number of benzene rings is 1. The maximum Gasteiger partial charge on any atom is 0.185 e. The minimum absolute atomic E-state index is 0.125. The number of ketones is 1. The van der Waals surface area contributed by atoms with Crippen molar-refractivity contribution in [2.45, 2.75) is 13.0 Å². The van der Waals surface area contributed by atoms with Crippen LogP contribution < -0.4 is 10.5 Å². The first-order valence-electron chi connectivity index (χ1n) is 4.30. The molecule has 0 radical (unpaired) electrons. The standard InChI is InChI=1S/C10H11ClFNO2/c1-5(13)10(14)8-7(15-2)4-3-6(11)9(8)12/h3-5H,13H2,1-2H3. The Morgan fingerprint density at radius 3 is 2.67 bits per heavy atom. The van der Waals surface area contributed by atoms with Gasteiger partial charge in [0, 0.05) is 0 Å². The van der Waals surface area contributed by atoms with Gasteiger partial charge < -0.3 is 10.5 Å². The predicted molar refractivity (Wildman–Crippen MR) is 55.9 cm³/mol. The summed E-state index contributed by atoms with van der Waals surface area (Å²) in [5, 5.41) is -0.125. The Hall–Kier alpha value is -1.13. The van der Waals surface area contributed by atoms with E-state index in [2.05, 4.69) is 0 Å². The molecule has 1 rings (SSSR count). The lowest BCUT2D eigenvalue weighted by atomic mass is 10.0. The van der Waals surface area contributed by atoms with E-state index in [-0.39, 0.29) is 16.3 Å². The van der Waals surface area contributed by atoms with E-state index in [1.165, 1.54) is 26.2 Å². The van der Waals surface area contributed by atoms with Crippen molar-refractivity contribution in [2.24, 2.45) is 5.73 Å². The molecule has 0 aliphatic carbocycles. The molecule has 0 spiro atoms. The second-order valence-corrected chi connectivity index (χ2v) is 3.50. The van der Waals surface area contributed by atoms with E-state index < -0.39 is 17.6 Å². The highest BCUT2D eigenvalue weighted by Crippen LogP contribution is 2.28. The van der Waals surface area contributed by atoms with Gasteiger partial charge >= 0.3 is 0 Å².